The van der Waals surface area contributed by atoms with E-state index < -0.39 is 0 Å². The van der Waals surface area contributed by atoms with Crippen molar-refractivity contribution in [2.75, 3.05) is 39.3 Å². The number of anilines is 1. The fourth-order valence-corrected chi connectivity index (χ4v) is 2.55. The molecule has 7 heteroatoms. The molecule has 116 valence electrons. The minimum atomic E-state index is -0.0779. The summed E-state index contributed by atoms with van der Waals surface area (Å²) in [5.41, 5.74) is 0.648. The standard InChI is InChI=1S/C14H19BrN2O4/c1-19-12-6-10(15)11(7-13(12)20-2)17-14(18)5-9-8-21-4-3-16-9/h6-7,9,16H,3-5,8H2,1-2H3,(H,17,18). The molecule has 1 aromatic carbocycles. The molecule has 0 spiro atoms. The summed E-state index contributed by atoms with van der Waals surface area (Å²) in [6.45, 7) is 2.03. The molecule has 0 aromatic heterocycles. The third-order valence-electron chi connectivity index (χ3n) is 3.18. The first-order chi connectivity index (χ1) is 10.1. The van der Waals surface area contributed by atoms with Gasteiger partial charge < -0.3 is 24.8 Å². The molecule has 1 aromatic rings. The monoisotopic (exact) mass is 358 g/mol. The number of benzene rings is 1. The Morgan fingerprint density at radius 2 is 2.14 bits per heavy atom. The highest BCUT2D eigenvalue weighted by atomic mass is 79.9. The van der Waals surface area contributed by atoms with Gasteiger partial charge in [0, 0.05) is 35.6 Å². The van der Waals surface area contributed by atoms with Gasteiger partial charge in [-0.15, -0.1) is 0 Å². The van der Waals surface area contributed by atoms with Crippen molar-refractivity contribution in [3.05, 3.63) is 16.6 Å². The zero-order chi connectivity index (χ0) is 15.2. The summed E-state index contributed by atoms with van der Waals surface area (Å²) in [4.78, 5) is 12.1. The SMILES string of the molecule is COc1cc(Br)c(NC(=O)CC2COCCN2)cc1OC. The first-order valence-corrected chi connectivity index (χ1v) is 7.46. The second-order valence-corrected chi connectivity index (χ2v) is 5.52. The number of rotatable bonds is 5. The van der Waals surface area contributed by atoms with Crippen LogP contribution < -0.4 is 20.1 Å². The Labute approximate surface area is 132 Å². The molecule has 1 atom stereocenters. The van der Waals surface area contributed by atoms with Gasteiger partial charge in [0.25, 0.3) is 0 Å². The number of ether oxygens (including phenoxy) is 3. The lowest BCUT2D eigenvalue weighted by atomic mass is 10.2. The molecule has 0 aliphatic carbocycles. The maximum atomic E-state index is 12.1. The van der Waals surface area contributed by atoms with Crippen LogP contribution in [0, 0.1) is 0 Å². The average Bonchev–Trinajstić information content (AvgIpc) is 2.49. The van der Waals surface area contributed by atoms with E-state index in [1.54, 1.807) is 26.4 Å². The Morgan fingerprint density at radius 1 is 1.43 bits per heavy atom. The number of morpholine rings is 1. The van der Waals surface area contributed by atoms with E-state index >= 15 is 0 Å². The van der Waals surface area contributed by atoms with Crippen LogP contribution in [0.4, 0.5) is 5.69 Å². The topological polar surface area (TPSA) is 68.8 Å². The van der Waals surface area contributed by atoms with E-state index in [1.165, 1.54) is 0 Å². The van der Waals surface area contributed by atoms with Crippen LogP contribution in [-0.4, -0.2) is 45.9 Å². The molecule has 21 heavy (non-hydrogen) atoms. The molecule has 6 nitrogen and oxygen atoms in total. The number of amides is 1. The van der Waals surface area contributed by atoms with Crippen molar-refractivity contribution in [3.63, 3.8) is 0 Å². The summed E-state index contributed by atoms with van der Waals surface area (Å²) in [5.74, 6) is 1.09. The van der Waals surface area contributed by atoms with Crippen LogP contribution in [0.15, 0.2) is 16.6 Å². The van der Waals surface area contributed by atoms with Gasteiger partial charge in [0.15, 0.2) is 11.5 Å². The first kappa shape index (κ1) is 16.1. The smallest absolute Gasteiger partial charge is 0.226 e. The molecule has 1 amide bonds. The van der Waals surface area contributed by atoms with Crippen molar-refractivity contribution in [2.45, 2.75) is 12.5 Å². The fourth-order valence-electron chi connectivity index (χ4n) is 2.13. The van der Waals surface area contributed by atoms with E-state index in [2.05, 4.69) is 26.6 Å². The molecule has 1 aliphatic heterocycles. The number of halogens is 1. The summed E-state index contributed by atoms with van der Waals surface area (Å²) >= 11 is 3.41. The minimum absolute atomic E-state index is 0.0534. The number of hydrogen-bond donors (Lipinski definition) is 2. The Morgan fingerprint density at radius 3 is 2.76 bits per heavy atom. The van der Waals surface area contributed by atoms with E-state index in [0.29, 0.717) is 36.8 Å². The quantitative estimate of drug-likeness (QED) is 0.839. The van der Waals surface area contributed by atoms with Crippen LogP contribution in [0.5, 0.6) is 11.5 Å². The van der Waals surface area contributed by atoms with Gasteiger partial charge in [-0.05, 0) is 15.9 Å². The molecule has 1 unspecified atom stereocenters. The highest BCUT2D eigenvalue weighted by Gasteiger charge is 2.18. The third-order valence-corrected chi connectivity index (χ3v) is 3.83. The molecule has 0 radical (unpaired) electrons. The normalized spacial score (nSPS) is 18.1. The number of hydrogen-bond acceptors (Lipinski definition) is 5. The van der Waals surface area contributed by atoms with Crippen LogP contribution in [0.2, 0.25) is 0 Å². The van der Waals surface area contributed by atoms with Gasteiger partial charge >= 0.3 is 0 Å². The van der Waals surface area contributed by atoms with Gasteiger partial charge in [-0.2, -0.15) is 0 Å². The summed E-state index contributed by atoms with van der Waals surface area (Å²) in [6, 6.07) is 3.54. The van der Waals surface area contributed by atoms with Gasteiger partial charge in [0.1, 0.15) is 0 Å². The van der Waals surface area contributed by atoms with Crippen molar-refractivity contribution >= 4 is 27.5 Å². The van der Waals surface area contributed by atoms with Crippen molar-refractivity contribution in [1.82, 2.24) is 5.32 Å². The largest absolute Gasteiger partial charge is 0.493 e. The summed E-state index contributed by atoms with van der Waals surface area (Å²) in [7, 11) is 3.12. The molecule has 1 saturated heterocycles. The number of carbonyl (C=O) groups is 1. The summed E-state index contributed by atoms with van der Waals surface area (Å²) < 4.78 is 16.5. The zero-order valence-corrected chi connectivity index (χ0v) is 13.7. The van der Waals surface area contributed by atoms with Crippen LogP contribution in [0.3, 0.4) is 0 Å². The van der Waals surface area contributed by atoms with E-state index in [-0.39, 0.29) is 11.9 Å². The average molecular weight is 359 g/mol. The highest BCUT2D eigenvalue weighted by Crippen LogP contribution is 2.36. The van der Waals surface area contributed by atoms with E-state index in [9.17, 15) is 4.79 Å². The number of nitrogens with one attached hydrogen (secondary N) is 2. The predicted molar refractivity (Wildman–Crippen MR) is 83.1 cm³/mol. The van der Waals surface area contributed by atoms with E-state index in [4.69, 9.17) is 14.2 Å². The molecule has 0 bridgehead atoms. The maximum absolute atomic E-state index is 12.1. The number of carbonyl (C=O) groups excluding carboxylic acids is 1. The Balaban J connectivity index is 2.02. The molecule has 2 N–H and O–H groups in total. The molecular formula is C14H19BrN2O4. The lowest BCUT2D eigenvalue weighted by Gasteiger charge is -2.23. The first-order valence-electron chi connectivity index (χ1n) is 6.66. The van der Waals surface area contributed by atoms with Crippen LogP contribution in [0.25, 0.3) is 0 Å². The van der Waals surface area contributed by atoms with Crippen molar-refractivity contribution in [2.24, 2.45) is 0 Å². The van der Waals surface area contributed by atoms with Crippen molar-refractivity contribution in [3.8, 4) is 11.5 Å². The molecule has 1 aliphatic rings. The van der Waals surface area contributed by atoms with Crippen LogP contribution in [-0.2, 0) is 9.53 Å². The fraction of sp³-hybridized carbons (Fsp3) is 0.500. The molecular weight excluding hydrogens is 340 g/mol. The lowest BCUT2D eigenvalue weighted by molar-refractivity contribution is -0.117. The molecule has 1 fully saturated rings. The predicted octanol–water partition coefficient (Wildman–Crippen LogP) is 1.78. The minimum Gasteiger partial charge on any atom is -0.493 e. The van der Waals surface area contributed by atoms with Gasteiger partial charge in [-0.25, -0.2) is 0 Å². The molecule has 1 heterocycles. The van der Waals surface area contributed by atoms with Gasteiger partial charge in [-0.3, -0.25) is 4.79 Å². The zero-order valence-electron chi connectivity index (χ0n) is 12.1. The Kier molecular flexibility index (Phi) is 5.84. The van der Waals surface area contributed by atoms with Crippen LogP contribution >= 0.6 is 15.9 Å². The van der Waals surface area contributed by atoms with Gasteiger partial charge in [-0.1, -0.05) is 0 Å². The van der Waals surface area contributed by atoms with E-state index in [0.717, 1.165) is 11.0 Å². The van der Waals surface area contributed by atoms with Crippen molar-refractivity contribution < 1.29 is 19.0 Å². The highest BCUT2D eigenvalue weighted by molar-refractivity contribution is 9.10. The Hall–Kier alpha value is -1.31. The van der Waals surface area contributed by atoms with E-state index in [1.807, 2.05) is 0 Å². The van der Waals surface area contributed by atoms with Gasteiger partial charge in [0.05, 0.1) is 33.1 Å². The second-order valence-electron chi connectivity index (χ2n) is 4.67. The van der Waals surface area contributed by atoms with Crippen molar-refractivity contribution in [1.29, 1.82) is 0 Å². The molecule has 2 rings (SSSR count). The lowest BCUT2D eigenvalue weighted by Crippen LogP contribution is -2.43. The van der Waals surface area contributed by atoms with Crippen LogP contribution in [0.1, 0.15) is 6.42 Å². The van der Waals surface area contributed by atoms with Gasteiger partial charge in [0.2, 0.25) is 5.91 Å². The second kappa shape index (κ2) is 7.63. The Bertz CT molecular complexity index is 504. The maximum Gasteiger partial charge on any atom is 0.226 e. The molecule has 0 saturated carbocycles. The summed E-state index contributed by atoms with van der Waals surface area (Å²) in [5, 5.41) is 6.12. The third kappa shape index (κ3) is 4.33. The summed E-state index contributed by atoms with van der Waals surface area (Å²) in [6.07, 6.45) is 0.362. The number of methoxy groups -OCH3 is 2.